The molecule has 0 aromatic heterocycles. The van der Waals surface area contributed by atoms with Crippen LogP contribution in [0.1, 0.15) is 5.56 Å². The molecule has 1 aliphatic rings. The van der Waals surface area contributed by atoms with Crippen molar-refractivity contribution in [2.75, 3.05) is 31.1 Å². The number of anilines is 1. The minimum absolute atomic E-state index is 0.595. The molecule has 0 saturated carbocycles. The lowest BCUT2D eigenvalue weighted by molar-refractivity contribution is -0.137. The molecule has 0 spiro atoms. The van der Waals surface area contributed by atoms with Crippen LogP contribution in [-0.4, -0.2) is 26.2 Å². The molecule has 1 fully saturated rings. The van der Waals surface area contributed by atoms with Crippen molar-refractivity contribution in [2.24, 2.45) is 0 Å². The molecule has 106 valence electrons. The molecule has 0 radical (unpaired) electrons. The molecule has 1 aliphatic heterocycles. The second-order valence-corrected chi connectivity index (χ2v) is 4.95. The minimum atomic E-state index is -4.29. The Balaban J connectivity index is 2.06. The van der Waals surface area contributed by atoms with Crippen LogP contribution in [0.4, 0.5) is 18.9 Å². The van der Waals surface area contributed by atoms with Crippen LogP contribution < -0.4 is 10.2 Å². The Labute approximate surface area is 115 Å². The van der Waals surface area contributed by atoms with E-state index in [1.165, 1.54) is 6.07 Å². The van der Waals surface area contributed by atoms with Gasteiger partial charge in [0.05, 0.1) is 5.56 Å². The second-order valence-electron chi connectivity index (χ2n) is 4.95. The lowest BCUT2D eigenvalue weighted by atomic mass is 10.0. The molecule has 0 amide bonds. The molecule has 2 aromatic carbocycles. The van der Waals surface area contributed by atoms with Crippen LogP contribution in [0, 0.1) is 0 Å². The third-order valence-corrected chi connectivity index (χ3v) is 3.64. The van der Waals surface area contributed by atoms with Gasteiger partial charge in [0.2, 0.25) is 0 Å². The Hall–Kier alpha value is -1.75. The van der Waals surface area contributed by atoms with Gasteiger partial charge in [0, 0.05) is 37.3 Å². The first-order chi connectivity index (χ1) is 9.55. The highest BCUT2D eigenvalue weighted by molar-refractivity contribution is 5.94. The zero-order valence-corrected chi connectivity index (χ0v) is 10.9. The Kier molecular flexibility index (Phi) is 3.30. The molecule has 1 N–H and O–H groups in total. The minimum Gasteiger partial charge on any atom is -0.368 e. The third kappa shape index (κ3) is 2.45. The van der Waals surface area contributed by atoms with E-state index in [0.717, 1.165) is 43.3 Å². The summed E-state index contributed by atoms with van der Waals surface area (Å²) in [6.07, 6.45) is -4.29. The first kappa shape index (κ1) is 13.2. The van der Waals surface area contributed by atoms with Gasteiger partial charge in [0.25, 0.3) is 0 Å². The van der Waals surface area contributed by atoms with Crippen molar-refractivity contribution in [3.8, 4) is 0 Å². The van der Waals surface area contributed by atoms with Gasteiger partial charge in [-0.1, -0.05) is 18.2 Å². The Bertz CT molecular complexity index is 616. The summed E-state index contributed by atoms with van der Waals surface area (Å²) in [5, 5.41) is 4.78. The van der Waals surface area contributed by atoms with Gasteiger partial charge >= 0.3 is 6.18 Å². The van der Waals surface area contributed by atoms with E-state index < -0.39 is 11.7 Å². The number of nitrogens with one attached hydrogen (secondary N) is 1. The Morgan fingerprint density at radius 2 is 1.75 bits per heavy atom. The van der Waals surface area contributed by atoms with E-state index in [0.29, 0.717) is 5.39 Å². The second kappa shape index (κ2) is 4.98. The highest BCUT2D eigenvalue weighted by Crippen LogP contribution is 2.34. The molecule has 20 heavy (non-hydrogen) atoms. The van der Waals surface area contributed by atoms with Crippen LogP contribution in [0.2, 0.25) is 0 Å². The average Bonchev–Trinajstić information content (AvgIpc) is 2.46. The molecule has 0 bridgehead atoms. The summed E-state index contributed by atoms with van der Waals surface area (Å²) in [5.41, 5.74) is 0.417. The first-order valence-corrected chi connectivity index (χ1v) is 6.61. The summed E-state index contributed by atoms with van der Waals surface area (Å²) in [4.78, 5) is 2.21. The van der Waals surface area contributed by atoms with Crippen LogP contribution in [0.3, 0.4) is 0 Å². The number of alkyl halides is 3. The molecule has 2 aromatic rings. The lowest BCUT2D eigenvalue weighted by Gasteiger charge is -2.30. The number of hydrogen-bond donors (Lipinski definition) is 1. The Morgan fingerprint density at radius 1 is 1.00 bits per heavy atom. The van der Waals surface area contributed by atoms with Crippen molar-refractivity contribution in [3.05, 3.63) is 42.0 Å². The smallest absolute Gasteiger partial charge is 0.368 e. The normalized spacial score (nSPS) is 16.6. The van der Waals surface area contributed by atoms with Crippen LogP contribution in [0.15, 0.2) is 36.4 Å². The number of piperazine rings is 1. The van der Waals surface area contributed by atoms with Crippen molar-refractivity contribution in [3.63, 3.8) is 0 Å². The number of halogens is 3. The van der Waals surface area contributed by atoms with E-state index in [4.69, 9.17) is 0 Å². The van der Waals surface area contributed by atoms with Crippen molar-refractivity contribution in [1.29, 1.82) is 0 Å². The monoisotopic (exact) mass is 280 g/mol. The van der Waals surface area contributed by atoms with E-state index in [-0.39, 0.29) is 0 Å². The summed E-state index contributed by atoms with van der Waals surface area (Å²) < 4.78 is 38.3. The quantitative estimate of drug-likeness (QED) is 0.862. The molecule has 0 atom stereocenters. The summed E-state index contributed by atoms with van der Waals surface area (Å²) in [5.74, 6) is 0. The number of benzene rings is 2. The Morgan fingerprint density at radius 3 is 2.45 bits per heavy atom. The summed E-state index contributed by atoms with van der Waals surface area (Å²) >= 11 is 0. The van der Waals surface area contributed by atoms with E-state index in [9.17, 15) is 13.2 Å². The van der Waals surface area contributed by atoms with Crippen LogP contribution in [0.5, 0.6) is 0 Å². The summed E-state index contributed by atoms with van der Waals surface area (Å²) in [7, 11) is 0. The molecule has 5 heteroatoms. The zero-order chi connectivity index (χ0) is 14.2. The maximum absolute atomic E-state index is 12.8. The summed E-state index contributed by atoms with van der Waals surface area (Å²) in [6.45, 7) is 3.55. The van der Waals surface area contributed by atoms with Gasteiger partial charge in [-0.2, -0.15) is 13.2 Å². The highest BCUT2D eigenvalue weighted by Gasteiger charge is 2.30. The van der Waals surface area contributed by atoms with Gasteiger partial charge in [-0.05, 0) is 23.6 Å². The van der Waals surface area contributed by atoms with Crippen LogP contribution in [-0.2, 0) is 6.18 Å². The fourth-order valence-electron chi connectivity index (χ4n) is 2.62. The molecule has 3 rings (SSSR count). The third-order valence-electron chi connectivity index (χ3n) is 3.64. The predicted molar refractivity (Wildman–Crippen MR) is 74.0 cm³/mol. The standard InChI is InChI=1S/C15H15F3N2/c16-15(17,18)12-4-5-13-11(10-12)2-1-3-14(13)20-8-6-19-7-9-20/h1-5,10,19H,6-9H2. The SMILES string of the molecule is FC(F)(F)c1ccc2c(N3CCNCC3)cccc2c1. The summed E-state index contributed by atoms with van der Waals surface area (Å²) in [6, 6.07) is 9.49. The van der Waals surface area contributed by atoms with Crippen molar-refractivity contribution in [1.82, 2.24) is 5.32 Å². The maximum Gasteiger partial charge on any atom is 0.416 e. The fraction of sp³-hybridized carbons (Fsp3) is 0.333. The van der Waals surface area contributed by atoms with E-state index in [1.807, 2.05) is 12.1 Å². The maximum atomic E-state index is 12.8. The number of nitrogens with zero attached hydrogens (tertiary/aromatic N) is 1. The molecule has 2 nitrogen and oxygen atoms in total. The van der Waals surface area contributed by atoms with Gasteiger partial charge in [0.15, 0.2) is 0 Å². The van der Waals surface area contributed by atoms with Gasteiger partial charge in [-0.3, -0.25) is 0 Å². The van der Waals surface area contributed by atoms with E-state index >= 15 is 0 Å². The topological polar surface area (TPSA) is 15.3 Å². The van der Waals surface area contributed by atoms with E-state index in [1.54, 1.807) is 12.1 Å². The van der Waals surface area contributed by atoms with Gasteiger partial charge < -0.3 is 10.2 Å². The molecule has 0 aliphatic carbocycles. The average molecular weight is 280 g/mol. The first-order valence-electron chi connectivity index (χ1n) is 6.61. The molecule has 1 saturated heterocycles. The fourth-order valence-corrected chi connectivity index (χ4v) is 2.62. The number of hydrogen-bond acceptors (Lipinski definition) is 2. The molecular weight excluding hydrogens is 265 g/mol. The van der Waals surface area contributed by atoms with Crippen molar-refractivity contribution < 1.29 is 13.2 Å². The molecular formula is C15H15F3N2. The number of rotatable bonds is 1. The van der Waals surface area contributed by atoms with Crippen LogP contribution in [0.25, 0.3) is 10.8 Å². The van der Waals surface area contributed by atoms with Crippen molar-refractivity contribution in [2.45, 2.75) is 6.18 Å². The van der Waals surface area contributed by atoms with Crippen LogP contribution >= 0.6 is 0 Å². The van der Waals surface area contributed by atoms with Crippen molar-refractivity contribution >= 4 is 16.5 Å². The molecule has 0 unspecified atom stereocenters. The van der Waals surface area contributed by atoms with E-state index in [2.05, 4.69) is 10.2 Å². The van der Waals surface area contributed by atoms with Gasteiger partial charge in [-0.25, -0.2) is 0 Å². The predicted octanol–water partition coefficient (Wildman–Crippen LogP) is 3.27. The number of fused-ring (bicyclic) bond motifs is 1. The van der Waals surface area contributed by atoms with Gasteiger partial charge in [0.1, 0.15) is 0 Å². The van der Waals surface area contributed by atoms with Gasteiger partial charge in [-0.15, -0.1) is 0 Å². The zero-order valence-electron chi connectivity index (χ0n) is 10.9. The highest BCUT2D eigenvalue weighted by atomic mass is 19.4. The lowest BCUT2D eigenvalue weighted by Crippen LogP contribution is -2.43. The largest absolute Gasteiger partial charge is 0.416 e. The molecule has 1 heterocycles.